The summed E-state index contributed by atoms with van der Waals surface area (Å²) in [7, 11) is 1.34. The van der Waals surface area contributed by atoms with Crippen molar-refractivity contribution in [2.24, 2.45) is 0 Å². The van der Waals surface area contributed by atoms with E-state index < -0.39 is 89.6 Å². The number of fused-ring (bicyclic) bond motifs is 3. The highest BCUT2D eigenvalue weighted by molar-refractivity contribution is 6.31. The van der Waals surface area contributed by atoms with Gasteiger partial charge < -0.3 is 44.5 Å². The summed E-state index contributed by atoms with van der Waals surface area (Å²) in [5, 5.41) is 55.2. The topological polar surface area (TPSA) is 193 Å². The molecule has 0 spiro atoms. The SMILES string of the molecule is COc1cccc2c1C(=O)c1c(O)c3c(c(O)c1C2=O)C[C@@](O)(C(=O)CO)C[C@@H]3O[C@@H]1C[C@@H](N2CCOCC2)[C@@H](O)[C@@H](C)O1.Cl. The van der Waals surface area contributed by atoms with Gasteiger partial charge in [-0.1, -0.05) is 12.1 Å². The van der Waals surface area contributed by atoms with Crippen molar-refractivity contribution in [3.63, 3.8) is 0 Å². The van der Waals surface area contributed by atoms with Gasteiger partial charge in [-0.05, 0) is 13.0 Å². The molecule has 2 aromatic carbocycles. The van der Waals surface area contributed by atoms with Crippen LogP contribution in [0.25, 0.3) is 0 Å². The number of phenols is 2. The monoisotopic (exact) mass is 649 g/mol. The predicted octanol–water partition coefficient (Wildman–Crippen LogP) is 0.797. The molecule has 2 aliphatic heterocycles. The summed E-state index contributed by atoms with van der Waals surface area (Å²) in [6.45, 7) is 2.83. The average molecular weight is 650 g/mol. The first-order chi connectivity index (χ1) is 21.0. The molecular weight excluding hydrogens is 614 g/mol. The van der Waals surface area contributed by atoms with Crippen LogP contribution in [0.3, 0.4) is 0 Å². The number of hydrogen-bond acceptors (Lipinski definition) is 13. The molecule has 4 aliphatic rings. The number of aromatic hydroxyl groups is 2. The van der Waals surface area contributed by atoms with Gasteiger partial charge in [-0.3, -0.25) is 19.3 Å². The first-order valence-electron chi connectivity index (χ1n) is 14.5. The minimum atomic E-state index is -2.24. The molecule has 0 saturated carbocycles. The molecule has 2 heterocycles. The lowest BCUT2D eigenvalue weighted by atomic mass is 9.72. The molecule has 2 fully saturated rings. The van der Waals surface area contributed by atoms with Crippen molar-refractivity contribution in [1.82, 2.24) is 4.90 Å². The molecule has 2 aliphatic carbocycles. The van der Waals surface area contributed by atoms with Gasteiger partial charge >= 0.3 is 0 Å². The van der Waals surface area contributed by atoms with E-state index in [1.165, 1.54) is 25.3 Å². The van der Waals surface area contributed by atoms with E-state index >= 15 is 0 Å². The smallest absolute Gasteiger partial charge is 0.202 e. The number of carbonyl (C=O) groups excluding carboxylic acids is 3. The number of ketones is 3. The van der Waals surface area contributed by atoms with Crippen LogP contribution in [0.15, 0.2) is 18.2 Å². The van der Waals surface area contributed by atoms with E-state index in [4.69, 9.17) is 18.9 Å². The number of rotatable bonds is 6. The second-order valence-corrected chi connectivity index (χ2v) is 11.7. The number of benzene rings is 2. The second-order valence-electron chi connectivity index (χ2n) is 11.7. The fourth-order valence-corrected chi connectivity index (χ4v) is 6.96. The molecule has 2 saturated heterocycles. The van der Waals surface area contributed by atoms with Crippen LogP contribution in [0.1, 0.15) is 68.8 Å². The predicted molar refractivity (Wildman–Crippen MR) is 157 cm³/mol. The Balaban J connectivity index is 0.00000400. The normalized spacial score (nSPS) is 29.7. The molecule has 13 nitrogen and oxygen atoms in total. The third kappa shape index (κ3) is 5.40. The molecule has 0 unspecified atom stereocenters. The Hall–Kier alpha value is -3.14. The first-order valence-corrected chi connectivity index (χ1v) is 14.5. The maximum atomic E-state index is 13.8. The van der Waals surface area contributed by atoms with E-state index in [0.717, 1.165) is 0 Å². The van der Waals surface area contributed by atoms with Crippen LogP contribution in [-0.2, 0) is 25.4 Å². The summed E-state index contributed by atoms with van der Waals surface area (Å²) in [6, 6.07) is 4.04. The zero-order valence-electron chi connectivity index (χ0n) is 24.7. The lowest BCUT2D eigenvalue weighted by Crippen LogP contribution is -2.58. The van der Waals surface area contributed by atoms with E-state index in [2.05, 4.69) is 4.90 Å². The molecular formula is C31H36ClNO12. The molecule has 0 amide bonds. The molecule has 6 atom stereocenters. The van der Waals surface area contributed by atoms with Crippen molar-refractivity contribution >= 4 is 29.8 Å². The number of carbonyl (C=O) groups is 3. The number of hydrogen-bond donors (Lipinski definition) is 5. The van der Waals surface area contributed by atoms with Crippen LogP contribution in [0.2, 0.25) is 0 Å². The quantitative estimate of drug-likeness (QED) is 0.236. The lowest BCUT2D eigenvalue weighted by Gasteiger charge is -2.46. The Morgan fingerprint density at radius 1 is 1.09 bits per heavy atom. The fourth-order valence-electron chi connectivity index (χ4n) is 6.96. The van der Waals surface area contributed by atoms with Crippen molar-refractivity contribution in [3.8, 4) is 17.2 Å². The Bertz CT molecular complexity index is 1520. The number of methoxy groups -OCH3 is 1. The number of aliphatic hydroxyl groups excluding tert-OH is 2. The summed E-state index contributed by atoms with van der Waals surface area (Å²) in [5.74, 6) is -3.68. The van der Waals surface area contributed by atoms with Crippen LogP contribution in [-0.4, -0.2) is 118 Å². The molecule has 0 bridgehead atoms. The highest BCUT2D eigenvalue weighted by Gasteiger charge is 2.50. The Labute approximate surface area is 264 Å². The van der Waals surface area contributed by atoms with Gasteiger partial charge in [-0.25, -0.2) is 0 Å². The Morgan fingerprint density at radius 2 is 1.78 bits per heavy atom. The standard InChI is InChI=1S/C31H35NO12.ClH/c1-14-26(35)17(32-6-8-42-9-7-32)10-21(43-14)44-19-12-31(40,20(34)13-33)11-16-23(19)30(39)25-24(28(16)37)27(36)15-4-3-5-18(41-2)22(15)29(25)38;/h3-5,14,17,19,21,26,33,35,37,39-40H,6-13H2,1-2H3;1H/t14-,17-,19+,21-,26+,31+;/m1./s1. The number of morpholine rings is 1. The number of halogens is 1. The van der Waals surface area contributed by atoms with E-state index in [-0.39, 0.29) is 52.9 Å². The minimum absolute atomic E-state index is 0. The molecule has 0 aromatic heterocycles. The molecule has 45 heavy (non-hydrogen) atoms. The summed E-state index contributed by atoms with van der Waals surface area (Å²) in [6.07, 6.45) is -4.66. The van der Waals surface area contributed by atoms with Crippen molar-refractivity contribution in [2.45, 2.75) is 62.4 Å². The van der Waals surface area contributed by atoms with Gasteiger partial charge in [0.25, 0.3) is 0 Å². The van der Waals surface area contributed by atoms with Gasteiger partial charge in [0.1, 0.15) is 29.5 Å². The fraction of sp³-hybridized carbons (Fsp3) is 0.516. The molecule has 2 aromatic rings. The molecule has 5 N–H and O–H groups in total. The van der Waals surface area contributed by atoms with Gasteiger partial charge in [0.15, 0.2) is 17.9 Å². The summed E-state index contributed by atoms with van der Waals surface area (Å²) in [4.78, 5) is 42.3. The van der Waals surface area contributed by atoms with Crippen molar-refractivity contribution in [2.75, 3.05) is 40.0 Å². The Morgan fingerprint density at radius 3 is 2.44 bits per heavy atom. The highest BCUT2D eigenvalue weighted by atomic mass is 35.5. The number of phenolic OH excluding ortho intramolecular Hbond substituents is 2. The number of nitrogens with zero attached hydrogens (tertiary/aromatic N) is 1. The highest BCUT2D eigenvalue weighted by Crippen LogP contribution is 2.52. The van der Waals surface area contributed by atoms with Gasteiger partial charge in [0, 0.05) is 55.1 Å². The summed E-state index contributed by atoms with van der Waals surface area (Å²) >= 11 is 0. The average Bonchev–Trinajstić information content (AvgIpc) is 3.02. The van der Waals surface area contributed by atoms with Gasteiger partial charge in [0.2, 0.25) is 5.78 Å². The largest absolute Gasteiger partial charge is 0.507 e. The molecule has 6 rings (SSSR count). The van der Waals surface area contributed by atoms with Crippen molar-refractivity contribution in [3.05, 3.63) is 51.6 Å². The summed E-state index contributed by atoms with van der Waals surface area (Å²) in [5.41, 5.74) is -3.52. The van der Waals surface area contributed by atoms with Crippen LogP contribution < -0.4 is 4.74 Å². The maximum absolute atomic E-state index is 13.8. The third-order valence-corrected chi connectivity index (χ3v) is 9.24. The number of Topliss-reactive ketones (excluding diaryl/α,β-unsaturated/α-hetero) is 1. The van der Waals surface area contributed by atoms with Gasteiger partial charge in [0.05, 0.1) is 55.3 Å². The van der Waals surface area contributed by atoms with Gasteiger partial charge in [-0.15, -0.1) is 12.4 Å². The second kappa shape index (κ2) is 12.6. The lowest BCUT2D eigenvalue weighted by molar-refractivity contribution is -0.260. The van der Waals surface area contributed by atoms with E-state index in [0.29, 0.717) is 26.3 Å². The zero-order valence-corrected chi connectivity index (χ0v) is 25.5. The first kappa shape index (κ1) is 33.2. The van der Waals surface area contributed by atoms with Crippen LogP contribution in [0, 0.1) is 0 Å². The van der Waals surface area contributed by atoms with E-state index in [9.17, 15) is 39.9 Å². The third-order valence-electron chi connectivity index (χ3n) is 9.24. The van der Waals surface area contributed by atoms with Crippen LogP contribution >= 0.6 is 12.4 Å². The minimum Gasteiger partial charge on any atom is -0.507 e. The van der Waals surface area contributed by atoms with Crippen molar-refractivity contribution < 1.29 is 58.9 Å². The summed E-state index contributed by atoms with van der Waals surface area (Å²) < 4.78 is 23.0. The van der Waals surface area contributed by atoms with Crippen LogP contribution in [0.4, 0.5) is 0 Å². The van der Waals surface area contributed by atoms with Gasteiger partial charge in [-0.2, -0.15) is 0 Å². The molecule has 0 radical (unpaired) electrons. The zero-order chi connectivity index (χ0) is 31.5. The van der Waals surface area contributed by atoms with Crippen LogP contribution in [0.5, 0.6) is 17.2 Å². The van der Waals surface area contributed by atoms with E-state index in [1.54, 1.807) is 6.92 Å². The number of ether oxygens (including phenoxy) is 4. The number of aliphatic hydroxyl groups is 3. The van der Waals surface area contributed by atoms with E-state index in [1.807, 2.05) is 0 Å². The molecule has 244 valence electrons. The molecule has 14 heteroatoms. The van der Waals surface area contributed by atoms with Crippen molar-refractivity contribution in [1.29, 1.82) is 0 Å². The maximum Gasteiger partial charge on any atom is 0.202 e. The Kier molecular flexibility index (Phi) is 9.28.